The van der Waals surface area contributed by atoms with Gasteiger partial charge in [0.15, 0.2) is 0 Å². The van der Waals surface area contributed by atoms with Crippen LogP contribution in [0.5, 0.6) is 5.75 Å². The number of hydrogen-bond acceptors (Lipinski definition) is 2. The molecule has 1 aliphatic carbocycles. The van der Waals surface area contributed by atoms with Gasteiger partial charge >= 0.3 is 0 Å². The highest BCUT2D eigenvalue weighted by Crippen LogP contribution is 2.26. The minimum absolute atomic E-state index is 0. The van der Waals surface area contributed by atoms with Gasteiger partial charge in [0, 0.05) is 27.6 Å². The maximum atomic E-state index is 5.97. The molecule has 118 valence electrons. The molecule has 0 spiro atoms. The molecule has 1 N–H and O–H groups in total. The molecule has 0 bridgehead atoms. The van der Waals surface area contributed by atoms with Crippen molar-refractivity contribution in [3.63, 3.8) is 0 Å². The number of ether oxygens (including phenoxy) is 1. The van der Waals surface area contributed by atoms with Crippen LogP contribution in [-0.4, -0.2) is 6.04 Å². The molecule has 0 heterocycles. The summed E-state index contributed by atoms with van der Waals surface area (Å²) in [5.41, 5.74) is 2.30. The maximum Gasteiger partial charge on any atom is 0.124 e. The van der Waals surface area contributed by atoms with Gasteiger partial charge in [-0.05, 0) is 48.7 Å². The summed E-state index contributed by atoms with van der Waals surface area (Å²) in [6, 6.07) is 14.6. The second-order valence-corrected chi connectivity index (χ2v) is 6.67. The van der Waals surface area contributed by atoms with E-state index in [-0.39, 0.29) is 12.4 Å². The Morgan fingerprint density at radius 2 is 1.86 bits per heavy atom. The van der Waals surface area contributed by atoms with Gasteiger partial charge in [0.1, 0.15) is 12.4 Å². The van der Waals surface area contributed by atoms with Crippen molar-refractivity contribution in [1.82, 2.24) is 5.32 Å². The van der Waals surface area contributed by atoms with E-state index in [4.69, 9.17) is 16.3 Å². The molecule has 1 aliphatic rings. The first-order valence-corrected chi connectivity index (χ1v) is 8.27. The van der Waals surface area contributed by atoms with Crippen LogP contribution in [0.15, 0.2) is 46.9 Å². The summed E-state index contributed by atoms with van der Waals surface area (Å²) >= 11 is 9.42. The summed E-state index contributed by atoms with van der Waals surface area (Å²) < 4.78 is 7.04. The molecule has 0 radical (unpaired) electrons. The van der Waals surface area contributed by atoms with Crippen LogP contribution in [0, 0.1) is 0 Å². The summed E-state index contributed by atoms with van der Waals surface area (Å²) in [4.78, 5) is 0. The monoisotopic (exact) mass is 401 g/mol. The number of halogens is 3. The molecule has 2 nitrogen and oxygen atoms in total. The van der Waals surface area contributed by atoms with Crippen LogP contribution >= 0.6 is 39.9 Å². The van der Waals surface area contributed by atoms with Crippen LogP contribution in [0.25, 0.3) is 0 Å². The minimum Gasteiger partial charge on any atom is -0.489 e. The standard InChI is InChI=1S/C17H17BrClNO.ClH/c18-14-3-8-17(13(9-14)10-20-16-6-7-16)21-11-12-1-4-15(19)5-2-12;/h1-5,8-9,16,20H,6-7,10-11H2;1H. The lowest BCUT2D eigenvalue weighted by Gasteiger charge is -2.13. The summed E-state index contributed by atoms with van der Waals surface area (Å²) in [6.07, 6.45) is 2.57. The van der Waals surface area contributed by atoms with Crippen LogP contribution in [0.2, 0.25) is 5.02 Å². The Kier molecular flexibility index (Phi) is 6.57. The van der Waals surface area contributed by atoms with Crippen LogP contribution in [0.4, 0.5) is 0 Å². The predicted molar refractivity (Wildman–Crippen MR) is 97.0 cm³/mol. The molecule has 0 amide bonds. The lowest BCUT2D eigenvalue weighted by atomic mass is 10.2. The van der Waals surface area contributed by atoms with Gasteiger partial charge < -0.3 is 10.1 Å². The zero-order valence-corrected chi connectivity index (χ0v) is 15.2. The quantitative estimate of drug-likeness (QED) is 0.702. The number of rotatable bonds is 6. The SMILES string of the molecule is Cl.Clc1ccc(COc2ccc(Br)cc2CNC2CC2)cc1. The van der Waals surface area contributed by atoms with Gasteiger partial charge in [0.05, 0.1) is 0 Å². The zero-order chi connectivity index (χ0) is 14.7. The van der Waals surface area contributed by atoms with E-state index in [2.05, 4.69) is 27.3 Å². The van der Waals surface area contributed by atoms with E-state index in [9.17, 15) is 0 Å². The van der Waals surface area contributed by atoms with E-state index >= 15 is 0 Å². The fourth-order valence-electron chi connectivity index (χ4n) is 2.11. The molecule has 1 saturated carbocycles. The van der Waals surface area contributed by atoms with Crippen molar-refractivity contribution in [2.75, 3.05) is 0 Å². The third-order valence-electron chi connectivity index (χ3n) is 3.49. The van der Waals surface area contributed by atoms with Gasteiger partial charge in [0.25, 0.3) is 0 Å². The van der Waals surface area contributed by atoms with Gasteiger partial charge in [-0.25, -0.2) is 0 Å². The van der Waals surface area contributed by atoms with Crippen molar-refractivity contribution in [3.05, 3.63) is 63.1 Å². The first-order chi connectivity index (χ1) is 10.2. The molecule has 0 atom stereocenters. The van der Waals surface area contributed by atoms with Crippen LogP contribution in [-0.2, 0) is 13.2 Å². The number of hydrogen-bond donors (Lipinski definition) is 1. The molecule has 3 rings (SSSR count). The second-order valence-electron chi connectivity index (χ2n) is 5.32. The highest BCUT2D eigenvalue weighted by atomic mass is 79.9. The van der Waals surface area contributed by atoms with Crippen molar-refractivity contribution in [2.45, 2.75) is 32.0 Å². The topological polar surface area (TPSA) is 21.3 Å². The molecule has 0 aromatic heterocycles. The average molecular weight is 403 g/mol. The summed E-state index contributed by atoms with van der Waals surface area (Å²) in [6.45, 7) is 1.40. The van der Waals surface area contributed by atoms with E-state index in [1.165, 1.54) is 18.4 Å². The maximum absolute atomic E-state index is 5.97. The van der Waals surface area contributed by atoms with E-state index in [1.807, 2.05) is 36.4 Å². The fourth-order valence-corrected chi connectivity index (χ4v) is 2.64. The molecule has 2 aromatic carbocycles. The highest BCUT2D eigenvalue weighted by molar-refractivity contribution is 9.10. The van der Waals surface area contributed by atoms with E-state index in [1.54, 1.807) is 0 Å². The lowest BCUT2D eigenvalue weighted by Crippen LogP contribution is -2.16. The summed E-state index contributed by atoms with van der Waals surface area (Å²) in [7, 11) is 0. The first-order valence-electron chi connectivity index (χ1n) is 7.10. The average Bonchev–Trinajstić information content (AvgIpc) is 3.30. The third kappa shape index (κ3) is 5.17. The van der Waals surface area contributed by atoms with Crippen molar-refractivity contribution in [2.24, 2.45) is 0 Å². The molecule has 5 heteroatoms. The molecule has 2 aromatic rings. The minimum atomic E-state index is 0. The Morgan fingerprint density at radius 1 is 1.14 bits per heavy atom. The largest absolute Gasteiger partial charge is 0.489 e. The Balaban J connectivity index is 0.00000176. The van der Waals surface area contributed by atoms with Gasteiger partial charge in [-0.2, -0.15) is 0 Å². The Morgan fingerprint density at radius 3 is 2.55 bits per heavy atom. The Labute approximate surface area is 150 Å². The second kappa shape index (κ2) is 8.21. The van der Waals surface area contributed by atoms with Gasteiger partial charge in [-0.3, -0.25) is 0 Å². The van der Waals surface area contributed by atoms with E-state index in [0.29, 0.717) is 12.6 Å². The first kappa shape index (κ1) is 17.6. The zero-order valence-electron chi connectivity index (χ0n) is 12.0. The van der Waals surface area contributed by atoms with Crippen LogP contribution in [0.3, 0.4) is 0 Å². The number of nitrogens with one attached hydrogen (secondary N) is 1. The smallest absolute Gasteiger partial charge is 0.124 e. The Bertz CT molecular complexity index is 615. The van der Waals surface area contributed by atoms with Crippen molar-refractivity contribution in [3.8, 4) is 5.75 Å². The van der Waals surface area contributed by atoms with E-state index < -0.39 is 0 Å². The third-order valence-corrected chi connectivity index (χ3v) is 4.23. The fraction of sp³-hybridized carbons (Fsp3) is 0.294. The molecule has 22 heavy (non-hydrogen) atoms. The Hall–Kier alpha value is -0.740. The predicted octanol–water partition coefficient (Wildman–Crippen LogP) is 5.36. The normalized spacial score (nSPS) is 13.5. The summed E-state index contributed by atoms with van der Waals surface area (Å²) in [5.74, 6) is 0.932. The molecule has 0 unspecified atom stereocenters. The lowest BCUT2D eigenvalue weighted by molar-refractivity contribution is 0.302. The van der Waals surface area contributed by atoms with Gasteiger partial charge in [-0.1, -0.05) is 39.7 Å². The molecule has 0 aliphatic heterocycles. The number of benzene rings is 2. The van der Waals surface area contributed by atoms with Gasteiger partial charge in [0.2, 0.25) is 0 Å². The summed E-state index contributed by atoms with van der Waals surface area (Å²) in [5, 5.41) is 4.27. The molecular formula is C17H18BrCl2NO. The van der Waals surface area contributed by atoms with Crippen molar-refractivity contribution >= 4 is 39.9 Å². The van der Waals surface area contributed by atoms with Crippen molar-refractivity contribution < 1.29 is 4.74 Å². The van der Waals surface area contributed by atoms with Crippen molar-refractivity contribution in [1.29, 1.82) is 0 Å². The molecule has 1 fully saturated rings. The highest BCUT2D eigenvalue weighted by Gasteiger charge is 2.20. The molecular weight excluding hydrogens is 385 g/mol. The van der Waals surface area contributed by atoms with E-state index in [0.717, 1.165) is 27.4 Å². The van der Waals surface area contributed by atoms with Crippen LogP contribution in [0.1, 0.15) is 24.0 Å². The van der Waals surface area contributed by atoms with Crippen LogP contribution < -0.4 is 10.1 Å². The van der Waals surface area contributed by atoms with Gasteiger partial charge in [-0.15, -0.1) is 12.4 Å². The molecule has 0 saturated heterocycles.